The molecule has 92 valence electrons. The molecule has 0 aliphatic carbocycles. The van der Waals surface area contributed by atoms with Crippen molar-refractivity contribution in [3.8, 4) is 5.75 Å². The second-order valence-corrected chi connectivity index (χ2v) is 4.99. The van der Waals surface area contributed by atoms with Crippen molar-refractivity contribution in [2.45, 2.75) is 45.1 Å². The van der Waals surface area contributed by atoms with E-state index in [-0.39, 0.29) is 0 Å². The van der Waals surface area contributed by atoms with Crippen molar-refractivity contribution in [1.29, 1.82) is 0 Å². The Kier molecular flexibility index (Phi) is 6.50. The minimum absolute atomic E-state index is 0.451. The number of nitrogens with one attached hydrogen (secondary N) is 1. The van der Waals surface area contributed by atoms with Crippen LogP contribution in [0.2, 0.25) is 0 Å². The fourth-order valence-corrected chi connectivity index (χ4v) is 2.92. The third-order valence-electron chi connectivity index (χ3n) is 2.89. The summed E-state index contributed by atoms with van der Waals surface area (Å²) in [5.41, 5.74) is 0. The highest BCUT2D eigenvalue weighted by Gasteiger charge is 2.15. The van der Waals surface area contributed by atoms with Crippen molar-refractivity contribution < 1.29 is 4.74 Å². The molecule has 0 aliphatic heterocycles. The fourth-order valence-electron chi connectivity index (χ4n) is 1.91. The Morgan fingerprint density at radius 2 is 2.19 bits per heavy atom. The van der Waals surface area contributed by atoms with Gasteiger partial charge in [0, 0.05) is 6.04 Å². The Morgan fingerprint density at radius 3 is 2.81 bits per heavy atom. The zero-order valence-corrected chi connectivity index (χ0v) is 11.4. The summed E-state index contributed by atoms with van der Waals surface area (Å²) in [5, 5.41) is 5.49. The van der Waals surface area contributed by atoms with Gasteiger partial charge < -0.3 is 10.1 Å². The van der Waals surface area contributed by atoms with Crippen LogP contribution in [0, 0.1) is 0 Å². The summed E-state index contributed by atoms with van der Waals surface area (Å²) in [5.74, 6) is 1.03. The summed E-state index contributed by atoms with van der Waals surface area (Å²) in [6.45, 7) is 2.25. The number of methoxy groups -OCH3 is 1. The van der Waals surface area contributed by atoms with E-state index >= 15 is 0 Å². The molecule has 1 aromatic rings. The van der Waals surface area contributed by atoms with Crippen LogP contribution in [0.15, 0.2) is 11.4 Å². The number of rotatable bonds is 8. The van der Waals surface area contributed by atoms with Crippen molar-refractivity contribution >= 4 is 11.3 Å². The van der Waals surface area contributed by atoms with Crippen molar-refractivity contribution in [1.82, 2.24) is 5.32 Å². The van der Waals surface area contributed by atoms with Crippen LogP contribution < -0.4 is 10.1 Å². The summed E-state index contributed by atoms with van der Waals surface area (Å²) in [6.07, 6.45) is 6.47. The van der Waals surface area contributed by atoms with E-state index in [1.807, 2.05) is 7.05 Å². The summed E-state index contributed by atoms with van der Waals surface area (Å²) in [7, 11) is 3.78. The molecule has 0 aliphatic rings. The van der Waals surface area contributed by atoms with Crippen LogP contribution in [0.5, 0.6) is 5.75 Å². The first kappa shape index (κ1) is 13.5. The molecule has 0 saturated carbocycles. The van der Waals surface area contributed by atoms with Crippen LogP contribution in [0.1, 0.15) is 49.9 Å². The smallest absolute Gasteiger partial charge is 0.134 e. The van der Waals surface area contributed by atoms with E-state index in [0.29, 0.717) is 6.04 Å². The minimum Gasteiger partial charge on any atom is -0.496 e. The first-order valence-corrected chi connectivity index (χ1v) is 7.00. The van der Waals surface area contributed by atoms with E-state index < -0.39 is 0 Å². The Labute approximate surface area is 103 Å². The first-order chi connectivity index (χ1) is 7.83. The number of hydrogen-bond donors (Lipinski definition) is 1. The Hall–Kier alpha value is -0.540. The van der Waals surface area contributed by atoms with Crippen molar-refractivity contribution in [3.05, 3.63) is 16.3 Å². The molecule has 0 bridgehead atoms. The van der Waals surface area contributed by atoms with E-state index in [2.05, 4.69) is 23.7 Å². The summed E-state index contributed by atoms with van der Waals surface area (Å²) < 4.78 is 5.37. The molecule has 1 heterocycles. The molecule has 16 heavy (non-hydrogen) atoms. The van der Waals surface area contributed by atoms with Crippen LogP contribution in [-0.4, -0.2) is 14.2 Å². The molecular formula is C13H23NOS. The Balaban J connectivity index is 2.47. The molecule has 0 aromatic carbocycles. The van der Waals surface area contributed by atoms with Crippen molar-refractivity contribution in [2.75, 3.05) is 14.2 Å². The third-order valence-corrected chi connectivity index (χ3v) is 3.90. The van der Waals surface area contributed by atoms with Crippen LogP contribution >= 0.6 is 11.3 Å². The lowest BCUT2D eigenvalue weighted by Crippen LogP contribution is -2.15. The standard InChI is InChI=1S/C13H23NOS/c1-4-5-6-7-8-11(14-2)13-12(15-3)9-10-16-13/h9-11,14H,4-8H2,1-3H3. The normalized spacial score (nSPS) is 12.7. The molecule has 1 rings (SSSR count). The highest BCUT2D eigenvalue weighted by Crippen LogP contribution is 2.33. The van der Waals surface area contributed by atoms with Gasteiger partial charge in [-0.05, 0) is 24.9 Å². The van der Waals surface area contributed by atoms with Gasteiger partial charge in [-0.15, -0.1) is 11.3 Å². The molecule has 1 aromatic heterocycles. The maximum atomic E-state index is 5.37. The van der Waals surface area contributed by atoms with E-state index in [1.54, 1.807) is 18.4 Å². The minimum atomic E-state index is 0.451. The topological polar surface area (TPSA) is 21.3 Å². The third kappa shape index (κ3) is 3.80. The highest BCUT2D eigenvalue weighted by atomic mass is 32.1. The quantitative estimate of drug-likeness (QED) is 0.695. The maximum Gasteiger partial charge on any atom is 0.134 e. The van der Waals surface area contributed by atoms with Crippen LogP contribution in [0.25, 0.3) is 0 Å². The van der Waals surface area contributed by atoms with Crippen molar-refractivity contribution in [3.63, 3.8) is 0 Å². The SMILES string of the molecule is CCCCCCC(NC)c1sccc1OC. The van der Waals surface area contributed by atoms with E-state index in [1.165, 1.54) is 37.0 Å². The molecule has 0 saturated heterocycles. The second kappa shape index (κ2) is 7.69. The van der Waals surface area contributed by atoms with Gasteiger partial charge in [0.2, 0.25) is 0 Å². The van der Waals surface area contributed by atoms with Gasteiger partial charge in [-0.1, -0.05) is 32.6 Å². The predicted octanol–water partition coefficient (Wildman–Crippen LogP) is 3.99. The van der Waals surface area contributed by atoms with Gasteiger partial charge in [0.05, 0.1) is 12.0 Å². The van der Waals surface area contributed by atoms with Gasteiger partial charge in [0.25, 0.3) is 0 Å². The van der Waals surface area contributed by atoms with E-state index in [0.717, 1.165) is 5.75 Å². The molecule has 0 fully saturated rings. The first-order valence-electron chi connectivity index (χ1n) is 6.12. The highest BCUT2D eigenvalue weighted by molar-refractivity contribution is 7.10. The van der Waals surface area contributed by atoms with Crippen LogP contribution in [0.3, 0.4) is 0 Å². The monoisotopic (exact) mass is 241 g/mol. The molecule has 3 heteroatoms. The van der Waals surface area contributed by atoms with E-state index in [9.17, 15) is 0 Å². The van der Waals surface area contributed by atoms with Crippen molar-refractivity contribution in [2.24, 2.45) is 0 Å². The predicted molar refractivity (Wildman–Crippen MR) is 71.4 cm³/mol. The zero-order valence-electron chi connectivity index (χ0n) is 10.6. The van der Waals surface area contributed by atoms with Gasteiger partial charge in [-0.3, -0.25) is 0 Å². The molecule has 0 radical (unpaired) electrons. The fraction of sp³-hybridized carbons (Fsp3) is 0.692. The van der Waals surface area contributed by atoms with Gasteiger partial charge in [-0.25, -0.2) is 0 Å². The molecule has 0 amide bonds. The Morgan fingerprint density at radius 1 is 1.38 bits per heavy atom. The average Bonchev–Trinajstić information content (AvgIpc) is 2.77. The molecule has 1 N–H and O–H groups in total. The second-order valence-electron chi connectivity index (χ2n) is 4.04. The largest absolute Gasteiger partial charge is 0.496 e. The van der Waals surface area contributed by atoms with Gasteiger partial charge >= 0.3 is 0 Å². The molecule has 2 nitrogen and oxygen atoms in total. The average molecular weight is 241 g/mol. The molecule has 1 atom stereocenters. The number of ether oxygens (including phenoxy) is 1. The van der Waals surface area contributed by atoms with Gasteiger partial charge in [0.15, 0.2) is 0 Å². The Bertz CT molecular complexity index is 285. The summed E-state index contributed by atoms with van der Waals surface area (Å²) in [4.78, 5) is 1.33. The lowest BCUT2D eigenvalue weighted by molar-refractivity contribution is 0.401. The number of unbranched alkanes of at least 4 members (excludes halogenated alkanes) is 3. The zero-order chi connectivity index (χ0) is 11.8. The number of hydrogen-bond acceptors (Lipinski definition) is 3. The molecule has 0 spiro atoms. The van der Waals surface area contributed by atoms with E-state index in [4.69, 9.17) is 4.74 Å². The molecule has 1 unspecified atom stereocenters. The maximum absolute atomic E-state index is 5.37. The van der Waals surface area contributed by atoms with Gasteiger partial charge in [0.1, 0.15) is 5.75 Å². The van der Waals surface area contributed by atoms with Gasteiger partial charge in [-0.2, -0.15) is 0 Å². The van der Waals surface area contributed by atoms with Crippen LogP contribution in [0.4, 0.5) is 0 Å². The summed E-state index contributed by atoms with van der Waals surface area (Å²) in [6, 6.07) is 2.50. The van der Waals surface area contributed by atoms with Crippen LogP contribution in [-0.2, 0) is 0 Å². The summed E-state index contributed by atoms with van der Waals surface area (Å²) >= 11 is 1.78. The number of thiophene rings is 1. The molecular weight excluding hydrogens is 218 g/mol. The lowest BCUT2D eigenvalue weighted by Gasteiger charge is -2.16. The lowest BCUT2D eigenvalue weighted by atomic mass is 10.1.